The molecule has 3 nitrogen and oxygen atoms in total. The largest absolute Gasteiger partial charge is 0.341 e. The minimum atomic E-state index is 0.384. The number of halogens is 1. The number of benzene rings is 2. The second-order valence-electron chi connectivity index (χ2n) is 5.54. The topological polar surface area (TPSA) is 40.7 Å². The summed E-state index contributed by atoms with van der Waals surface area (Å²) in [5.74, 6) is 1.05. The molecule has 0 spiro atoms. The van der Waals surface area contributed by atoms with Crippen LogP contribution < -0.4 is 5.32 Å². The van der Waals surface area contributed by atoms with Gasteiger partial charge < -0.3 is 10.3 Å². The van der Waals surface area contributed by atoms with E-state index < -0.39 is 0 Å². The number of rotatable bonds is 2. The van der Waals surface area contributed by atoms with E-state index >= 15 is 0 Å². The van der Waals surface area contributed by atoms with Gasteiger partial charge in [-0.25, -0.2) is 4.98 Å². The Morgan fingerprint density at radius 1 is 1.10 bits per heavy atom. The van der Waals surface area contributed by atoms with Crippen molar-refractivity contribution in [2.75, 3.05) is 6.54 Å². The van der Waals surface area contributed by atoms with Crippen molar-refractivity contribution >= 4 is 26.7 Å². The maximum absolute atomic E-state index is 4.54. The van der Waals surface area contributed by atoms with E-state index in [2.05, 4.69) is 67.6 Å². The van der Waals surface area contributed by atoms with Crippen molar-refractivity contribution in [1.82, 2.24) is 15.3 Å². The average molecular weight is 342 g/mol. The van der Waals surface area contributed by atoms with Crippen LogP contribution in [-0.4, -0.2) is 16.5 Å². The second kappa shape index (κ2) is 5.28. The van der Waals surface area contributed by atoms with Crippen LogP contribution in [0, 0.1) is 0 Å². The summed E-state index contributed by atoms with van der Waals surface area (Å²) in [7, 11) is 0. The average Bonchev–Trinajstić information content (AvgIpc) is 3.17. The van der Waals surface area contributed by atoms with Crippen LogP contribution in [0.2, 0.25) is 0 Å². The molecule has 0 aliphatic carbocycles. The van der Waals surface area contributed by atoms with Crippen molar-refractivity contribution in [1.29, 1.82) is 0 Å². The molecule has 2 N–H and O–H groups in total. The lowest BCUT2D eigenvalue weighted by Crippen LogP contribution is -2.14. The maximum atomic E-state index is 4.54. The third-order valence-electron chi connectivity index (χ3n) is 4.10. The van der Waals surface area contributed by atoms with Gasteiger partial charge in [-0.2, -0.15) is 0 Å². The Balaban J connectivity index is 1.71. The van der Waals surface area contributed by atoms with Crippen molar-refractivity contribution in [3.8, 4) is 11.3 Å². The highest BCUT2D eigenvalue weighted by Gasteiger charge is 2.19. The van der Waals surface area contributed by atoms with Crippen LogP contribution in [0.5, 0.6) is 0 Å². The molecule has 1 aliphatic heterocycles. The lowest BCUT2D eigenvalue weighted by atomic mass is 10.1. The van der Waals surface area contributed by atoms with Crippen LogP contribution in [-0.2, 0) is 0 Å². The third-order valence-corrected chi connectivity index (χ3v) is 4.59. The van der Waals surface area contributed by atoms with Crippen LogP contribution in [0.25, 0.3) is 22.0 Å². The number of fused-ring (bicyclic) bond motifs is 1. The monoisotopic (exact) mass is 341 g/mol. The fourth-order valence-corrected chi connectivity index (χ4v) is 3.34. The zero-order valence-electron chi connectivity index (χ0n) is 11.6. The molecular weight excluding hydrogens is 326 g/mol. The molecule has 21 heavy (non-hydrogen) atoms. The molecule has 0 bridgehead atoms. The minimum Gasteiger partial charge on any atom is -0.341 e. The Bertz CT molecular complexity index is 788. The Hall–Kier alpha value is -1.65. The summed E-state index contributed by atoms with van der Waals surface area (Å²) >= 11 is 3.51. The molecule has 2 heterocycles. The van der Waals surface area contributed by atoms with E-state index in [-0.39, 0.29) is 0 Å². The van der Waals surface area contributed by atoms with Gasteiger partial charge in [0.2, 0.25) is 0 Å². The summed E-state index contributed by atoms with van der Waals surface area (Å²) < 4.78 is 1.11. The van der Waals surface area contributed by atoms with E-state index in [1.165, 1.54) is 29.2 Å². The lowest BCUT2D eigenvalue weighted by molar-refractivity contribution is 0.613. The predicted octanol–water partition coefficient (Wildman–Crippen LogP) is 4.42. The molecule has 4 rings (SSSR count). The molecule has 1 aliphatic rings. The lowest BCUT2D eigenvalue weighted by Gasteiger charge is -2.06. The quantitative estimate of drug-likeness (QED) is 0.724. The van der Waals surface area contributed by atoms with Crippen LogP contribution in [0.4, 0.5) is 0 Å². The first-order chi connectivity index (χ1) is 10.3. The van der Waals surface area contributed by atoms with Crippen LogP contribution in [0.1, 0.15) is 24.7 Å². The van der Waals surface area contributed by atoms with Gasteiger partial charge in [0.1, 0.15) is 5.82 Å². The van der Waals surface area contributed by atoms with Crippen molar-refractivity contribution < 1.29 is 0 Å². The number of nitrogens with one attached hydrogen (secondary N) is 2. The molecule has 1 atom stereocenters. The zero-order valence-corrected chi connectivity index (χ0v) is 13.2. The Kier molecular flexibility index (Phi) is 3.28. The summed E-state index contributed by atoms with van der Waals surface area (Å²) in [6, 6.07) is 13.3. The Labute approximate surface area is 131 Å². The first-order valence-corrected chi connectivity index (χ1v) is 8.07. The summed E-state index contributed by atoms with van der Waals surface area (Å²) in [5, 5.41) is 5.96. The highest BCUT2D eigenvalue weighted by atomic mass is 79.9. The van der Waals surface area contributed by atoms with Gasteiger partial charge >= 0.3 is 0 Å². The molecule has 0 radical (unpaired) electrons. The fourth-order valence-electron chi connectivity index (χ4n) is 2.96. The molecule has 0 unspecified atom stereocenters. The molecule has 0 amide bonds. The molecule has 0 saturated carbocycles. The van der Waals surface area contributed by atoms with E-state index in [1.54, 1.807) is 0 Å². The Morgan fingerprint density at radius 3 is 2.81 bits per heavy atom. The molecule has 4 heteroatoms. The number of hydrogen-bond acceptors (Lipinski definition) is 2. The van der Waals surface area contributed by atoms with Crippen molar-refractivity contribution in [3.05, 3.63) is 52.9 Å². The van der Waals surface area contributed by atoms with Gasteiger partial charge in [0.25, 0.3) is 0 Å². The molecule has 106 valence electrons. The number of nitrogens with zero attached hydrogens (tertiary/aromatic N) is 1. The van der Waals surface area contributed by atoms with Crippen LogP contribution >= 0.6 is 15.9 Å². The van der Waals surface area contributed by atoms with Gasteiger partial charge in [0, 0.05) is 10.0 Å². The normalized spacial score (nSPS) is 18.4. The highest BCUT2D eigenvalue weighted by molar-refractivity contribution is 9.10. The minimum absolute atomic E-state index is 0.384. The van der Waals surface area contributed by atoms with Gasteiger partial charge in [-0.05, 0) is 48.4 Å². The van der Waals surface area contributed by atoms with E-state index in [1.807, 2.05) is 6.20 Å². The SMILES string of the molecule is Brc1ccc2cc(-c3cnc([C@@H]4CCCN4)[nH]3)ccc2c1. The molecule has 2 aromatic carbocycles. The van der Waals surface area contributed by atoms with Crippen molar-refractivity contribution in [2.45, 2.75) is 18.9 Å². The summed E-state index contributed by atoms with van der Waals surface area (Å²) in [5.41, 5.74) is 2.27. The molecular formula is C17H16BrN3. The van der Waals surface area contributed by atoms with Crippen molar-refractivity contribution in [3.63, 3.8) is 0 Å². The van der Waals surface area contributed by atoms with E-state index in [4.69, 9.17) is 0 Å². The number of aromatic amines is 1. The van der Waals surface area contributed by atoms with Gasteiger partial charge in [0.05, 0.1) is 17.9 Å². The first kappa shape index (κ1) is 13.0. The first-order valence-electron chi connectivity index (χ1n) is 7.27. The van der Waals surface area contributed by atoms with Gasteiger partial charge in [-0.15, -0.1) is 0 Å². The van der Waals surface area contributed by atoms with E-state index in [9.17, 15) is 0 Å². The summed E-state index contributed by atoms with van der Waals surface area (Å²) in [4.78, 5) is 8.01. The predicted molar refractivity (Wildman–Crippen MR) is 89.2 cm³/mol. The molecule has 1 aromatic heterocycles. The number of H-pyrrole nitrogens is 1. The second-order valence-corrected chi connectivity index (χ2v) is 6.45. The highest BCUT2D eigenvalue weighted by Crippen LogP contribution is 2.27. The van der Waals surface area contributed by atoms with Gasteiger partial charge in [0.15, 0.2) is 0 Å². The summed E-state index contributed by atoms with van der Waals surface area (Å²) in [6.45, 7) is 1.09. The van der Waals surface area contributed by atoms with Crippen LogP contribution in [0.15, 0.2) is 47.1 Å². The molecule has 1 saturated heterocycles. The van der Waals surface area contributed by atoms with Crippen molar-refractivity contribution in [2.24, 2.45) is 0 Å². The number of aromatic nitrogens is 2. The molecule has 3 aromatic rings. The number of imidazole rings is 1. The smallest absolute Gasteiger partial charge is 0.123 e. The van der Waals surface area contributed by atoms with E-state index in [0.717, 1.165) is 22.5 Å². The number of hydrogen-bond donors (Lipinski definition) is 2. The Morgan fingerprint density at radius 2 is 1.95 bits per heavy atom. The zero-order chi connectivity index (χ0) is 14.2. The van der Waals surface area contributed by atoms with E-state index in [0.29, 0.717) is 6.04 Å². The fraction of sp³-hybridized carbons (Fsp3) is 0.235. The molecule has 1 fully saturated rings. The van der Waals surface area contributed by atoms with Gasteiger partial charge in [-0.3, -0.25) is 0 Å². The summed E-state index contributed by atoms with van der Waals surface area (Å²) in [6.07, 6.45) is 4.33. The van der Waals surface area contributed by atoms with Gasteiger partial charge in [-0.1, -0.05) is 34.1 Å². The van der Waals surface area contributed by atoms with Crippen LogP contribution in [0.3, 0.4) is 0 Å². The maximum Gasteiger partial charge on any atom is 0.123 e. The standard InChI is InChI=1S/C17H16BrN3/c18-14-6-5-11-8-13(4-3-12(11)9-14)16-10-20-17(21-16)15-2-1-7-19-15/h3-6,8-10,15,19H,1-2,7H2,(H,20,21)/t15-/m0/s1. The third kappa shape index (κ3) is 2.49.